The Labute approximate surface area is 98.8 Å². The van der Waals surface area contributed by atoms with Crippen LogP contribution in [0.1, 0.15) is 12.5 Å². The number of halogens is 2. The van der Waals surface area contributed by atoms with Crippen LogP contribution in [0.25, 0.3) is 6.08 Å². The van der Waals surface area contributed by atoms with Crippen molar-refractivity contribution in [1.29, 1.82) is 0 Å². The van der Waals surface area contributed by atoms with Crippen LogP contribution in [0.4, 0.5) is 8.78 Å². The van der Waals surface area contributed by atoms with Crippen LogP contribution >= 0.6 is 0 Å². The van der Waals surface area contributed by atoms with Crippen LogP contribution < -0.4 is 15.2 Å². The maximum absolute atomic E-state index is 12.2. The van der Waals surface area contributed by atoms with E-state index in [-0.39, 0.29) is 17.5 Å². The molecule has 1 aromatic rings. The minimum atomic E-state index is -2.88. The average Bonchev–Trinajstić information content (AvgIpc) is 2.25. The Morgan fingerprint density at radius 1 is 1.29 bits per heavy atom. The summed E-state index contributed by atoms with van der Waals surface area (Å²) >= 11 is 0. The van der Waals surface area contributed by atoms with Crippen molar-refractivity contribution in [3.63, 3.8) is 0 Å². The Hall–Kier alpha value is -1.62. The average molecular weight is 243 g/mol. The first-order chi connectivity index (χ1) is 8.02. The number of nitrogens with two attached hydrogens (primary N) is 1. The summed E-state index contributed by atoms with van der Waals surface area (Å²) < 4.78 is 33.6. The highest BCUT2D eigenvalue weighted by Gasteiger charge is 2.10. The molecular weight excluding hydrogens is 228 g/mol. The molecule has 1 unspecified atom stereocenters. The van der Waals surface area contributed by atoms with Gasteiger partial charge in [0, 0.05) is 6.04 Å². The van der Waals surface area contributed by atoms with E-state index in [2.05, 4.69) is 4.74 Å². The van der Waals surface area contributed by atoms with Crippen LogP contribution in [0.3, 0.4) is 0 Å². The predicted molar refractivity (Wildman–Crippen MR) is 62.3 cm³/mol. The van der Waals surface area contributed by atoms with E-state index < -0.39 is 6.61 Å². The first-order valence-corrected chi connectivity index (χ1v) is 5.09. The molecule has 2 N–H and O–H groups in total. The fraction of sp³-hybridized carbons (Fsp3) is 0.333. The maximum Gasteiger partial charge on any atom is 0.387 e. The van der Waals surface area contributed by atoms with Crippen LogP contribution in [-0.2, 0) is 0 Å². The quantitative estimate of drug-likeness (QED) is 0.864. The van der Waals surface area contributed by atoms with Gasteiger partial charge < -0.3 is 15.2 Å². The predicted octanol–water partition coefficient (Wildman–Crippen LogP) is 2.66. The van der Waals surface area contributed by atoms with E-state index in [0.29, 0.717) is 0 Å². The lowest BCUT2D eigenvalue weighted by molar-refractivity contribution is -0.0512. The molecule has 0 saturated carbocycles. The molecule has 3 nitrogen and oxygen atoms in total. The minimum Gasteiger partial charge on any atom is -0.493 e. The van der Waals surface area contributed by atoms with Gasteiger partial charge in [-0.3, -0.25) is 0 Å². The summed E-state index contributed by atoms with van der Waals surface area (Å²) in [5, 5.41) is 0. The largest absolute Gasteiger partial charge is 0.493 e. The summed E-state index contributed by atoms with van der Waals surface area (Å²) in [6.45, 7) is -1.06. The summed E-state index contributed by atoms with van der Waals surface area (Å²) in [4.78, 5) is 0. The van der Waals surface area contributed by atoms with E-state index in [0.717, 1.165) is 5.56 Å². The zero-order chi connectivity index (χ0) is 12.8. The summed E-state index contributed by atoms with van der Waals surface area (Å²) in [6, 6.07) is 4.68. The molecule has 17 heavy (non-hydrogen) atoms. The van der Waals surface area contributed by atoms with Crippen molar-refractivity contribution in [2.24, 2.45) is 5.73 Å². The highest BCUT2D eigenvalue weighted by atomic mass is 19.3. The van der Waals surface area contributed by atoms with Gasteiger partial charge >= 0.3 is 6.61 Å². The smallest absolute Gasteiger partial charge is 0.387 e. The number of benzene rings is 1. The molecular formula is C12H15F2NO2. The fourth-order valence-electron chi connectivity index (χ4n) is 1.25. The molecule has 0 aliphatic rings. The Bertz CT molecular complexity index is 392. The van der Waals surface area contributed by atoms with Gasteiger partial charge in [0.1, 0.15) is 0 Å². The molecule has 0 amide bonds. The van der Waals surface area contributed by atoms with Gasteiger partial charge in [-0.2, -0.15) is 8.78 Å². The number of hydrogen-bond donors (Lipinski definition) is 1. The van der Waals surface area contributed by atoms with Crippen LogP contribution in [0.5, 0.6) is 11.5 Å². The third kappa shape index (κ3) is 4.40. The number of rotatable bonds is 5. The molecule has 0 aliphatic heterocycles. The van der Waals surface area contributed by atoms with E-state index >= 15 is 0 Å². The Balaban J connectivity index is 2.96. The summed E-state index contributed by atoms with van der Waals surface area (Å²) in [5.74, 6) is 0.276. The van der Waals surface area contributed by atoms with Gasteiger partial charge in [-0.05, 0) is 24.6 Å². The molecule has 0 aromatic heterocycles. The van der Waals surface area contributed by atoms with Gasteiger partial charge in [0.15, 0.2) is 11.5 Å². The van der Waals surface area contributed by atoms with Gasteiger partial charge in [0.2, 0.25) is 0 Å². The lowest BCUT2D eigenvalue weighted by Gasteiger charge is -2.10. The van der Waals surface area contributed by atoms with Crippen molar-refractivity contribution < 1.29 is 18.3 Å². The number of methoxy groups -OCH3 is 1. The normalized spacial score (nSPS) is 13.1. The van der Waals surface area contributed by atoms with E-state index in [1.807, 2.05) is 6.92 Å². The van der Waals surface area contributed by atoms with Gasteiger partial charge in [-0.25, -0.2) is 0 Å². The topological polar surface area (TPSA) is 44.5 Å². The Morgan fingerprint density at radius 3 is 2.53 bits per heavy atom. The van der Waals surface area contributed by atoms with Crippen LogP contribution in [0, 0.1) is 0 Å². The summed E-state index contributed by atoms with van der Waals surface area (Å²) in [5.41, 5.74) is 6.27. The molecule has 5 heteroatoms. The molecule has 0 saturated heterocycles. The molecule has 0 spiro atoms. The molecule has 1 atom stereocenters. The lowest BCUT2D eigenvalue weighted by atomic mass is 10.1. The first-order valence-electron chi connectivity index (χ1n) is 5.09. The Kier molecular flexibility index (Phi) is 4.90. The molecule has 0 bridgehead atoms. The first kappa shape index (κ1) is 13.4. The summed E-state index contributed by atoms with van der Waals surface area (Å²) in [7, 11) is 1.39. The monoisotopic (exact) mass is 243 g/mol. The maximum atomic E-state index is 12.2. The minimum absolute atomic E-state index is 0.00863. The van der Waals surface area contributed by atoms with E-state index in [1.165, 1.54) is 13.2 Å². The molecule has 0 aliphatic carbocycles. The molecule has 0 heterocycles. The van der Waals surface area contributed by atoms with Crippen LogP contribution in [0.15, 0.2) is 24.3 Å². The highest BCUT2D eigenvalue weighted by molar-refractivity contribution is 5.56. The number of hydrogen-bond acceptors (Lipinski definition) is 3. The SMILES string of the molecule is COc1ccc(/C=C/C(C)N)cc1OC(F)F. The van der Waals surface area contributed by atoms with Crippen LogP contribution in [0.2, 0.25) is 0 Å². The van der Waals surface area contributed by atoms with Gasteiger partial charge in [0.05, 0.1) is 7.11 Å². The second-order valence-electron chi connectivity index (χ2n) is 3.51. The second-order valence-corrected chi connectivity index (χ2v) is 3.51. The van der Waals surface area contributed by atoms with E-state index in [1.54, 1.807) is 24.3 Å². The van der Waals surface area contributed by atoms with Gasteiger partial charge in [-0.1, -0.05) is 18.2 Å². The van der Waals surface area contributed by atoms with Crippen LogP contribution in [-0.4, -0.2) is 19.8 Å². The van der Waals surface area contributed by atoms with Gasteiger partial charge in [0.25, 0.3) is 0 Å². The second kappa shape index (κ2) is 6.20. The highest BCUT2D eigenvalue weighted by Crippen LogP contribution is 2.29. The fourth-order valence-corrected chi connectivity index (χ4v) is 1.25. The zero-order valence-corrected chi connectivity index (χ0v) is 9.69. The van der Waals surface area contributed by atoms with E-state index in [4.69, 9.17) is 10.5 Å². The standard InChI is InChI=1S/C12H15F2NO2/c1-8(15)3-4-9-5-6-10(16-2)11(7-9)17-12(13)14/h3-8,12H,15H2,1-2H3/b4-3+. The molecule has 94 valence electrons. The van der Waals surface area contributed by atoms with Crippen molar-refractivity contribution in [1.82, 2.24) is 0 Å². The molecule has 0 radical (unpaired) electrons. The molecule has 1 aromatic carbocycles. The van der Waals surface area contributed by atoms with Crippen molar-refractivity contribution in [3.8, 4) is 11.5 Å². The zero-order valence-electron chi connectivity index (χ0n) is 9.69. The lowest BCUT2D eigenvalue weighted by Crippen LogP contribution is -2.09. The number of alkyl halides is 2. The number of ether oxygens (including phenoxy) is 2. The van der Waals surface area contributed by atoms with Gasteiger partial charge in [-0.15, -0.1) is 0 Å². The third-order valence-electron chi connectivity index (χ3n) is 2.00. The molecule has 0 fully saturated rings. The van der Waals surface area contributed by atoms with E-state index in [9.17, 15) is 8.78 Å². The van der Waals surface area contributed by atoms with Crippen molar-refractivity contribution in [2.75, 3.05) is 7.11 Å². The van der Waals surface area contributed by atoms with Crippen molar-refractivity contribution in [2.45, 2.75) is 19.6 Å². The molecule has 1 rings (SSSR count). The summed E-state index contributed by atoms with van der Waals surface area (Å²) in [6.07, 6.45) is 3.50. The van der Waals surface area contributed by atoms with Crippen molar-refractivity contribution in [3.05, 3.63) is 29.8 Å². The Morgan fingerprint density at radius 2 is 2.00 bits per heavy atom. The third-order valence-corrected chi connectivity index (χ3v) is 2.00. The van der Waals surface area contributed by atoms with Crippen molar-refractivity contribution >= 4 is 6.08 Å².